The monoisotopic (exact) mass is 349 g/mol. The third kappa shape index (κ3) is 3.25. The summed E-state index contributed by atoms with van der Waals surface area (Å²) in [6, 6.07) is 0. The minimum absolute atomic E-state index is 0.120. The molecule has 0 spiro atoms. The maximum Gasteiger partial charge on any atom is 0.253 e. The first-order valence-corrected chi connectivity index (χ1v) is 9.42. The van der Waals surface area contributed by atoms with Crippen LogP contribution in [-0.2, 0) is 16.0 Å². The maximum absolute atomic E-state index is 12.7. The summed E-state index contributed by atoms with van der Waals surface area (Å²) >= 11 is 1.48. The van der Waals surface area contributed by atoms with Crippen LogP contribution in [0.5, 0.6) is 0 Å². The molecule has 2 aromatic heterocycles. The molecule has 1 saturated heterocycles. The minimum atomic E-state index is 0.120. The van der Waals surface area contributed by atoms with Crippen LogP contribution in [0.25, 0.3) is 5.78 Å². The van der Waals surface area contributed by atoms with E-state index < -0.39 is 0 Å². The number of hydrogen-bond donors (Lipinski definition) is 0. The lowest BCUT2D eigenvalue weighted by atomic mass is 10.1. The summed E-state index contributed by atoms with van der Waals surface area (Å²) in [5.41, 5.74) is 2.71. The number of rotatable bonds is 4. The summed E-state index contributed by atoms with van der Waals surface area (Å²) in [4.78, 5) is 23.5. The highest BCUT2D eigenvalue weighted by atomic mass is 32.2. The van der Waals surface area contributed by atoms with E-state index in [1.54, 1.807) is 4.52 Å². The zero-order chi connectivity index (χ0) is 17.3. The maximum atomic E-state index is 12.7. The highest BCUT2D eigenvalue weighted by Crippen LogP contribution is 2.18. The van der Waals surface area contributed by atoms with Gasteiger partial charge in [-0.05, 0) is 26.5 Å². The van der Waals surface area contributed by atoms with Gasteiger partial charge in [0.05, 0.1) is 19.1 Å². The number of hydrogen-bond acceptors (Lipinski definition) is 6. The number of morpholine rings is 1. The van der Waals surface area contributed by atoms with Crippen molar-refractivity contribution in [3.05, 3.63) is 17.0 Å². The van der Waals surface area contributed by atoms with Crippen LogP contribution in [0.2, 0.25) is 0 Å². The highest BCUT2D eigenvalue weighted by Gasteiger charge is 2.24. The van der Waals surface area contributed by atoms with Gasteiger partial charge >= 0.3 is 0 Å². The van der Waals surface area contributed by atoms with Crippen LogP contribution in [0.15, 0.2) is 5.16 Å². The molecule has 3 heterocycles. The Bertz CT molecular complexity index is 760. The molecule has 0 aromatic carbocycles. The smallest absolute Gasteiger partial charge is 0.253 e. The average Bonchev–Trinajstić information content (AvgIpc) is 3.01. The Labute approximate surface area is 145 Å². The third-order valence-electron chi connectivity index (χ3n) is 4.49. The second-order valence-corrected chi connectivity index (χ2v) is 6.76. The molecule has 7 nitrogen and oxygen atoms in total. The first-order valence-electron chi connectivity index (χ1n) is 8.19. The summed E-state index contributed by atoms with van der Waals surface area (Å²) < 4.78 is 7.38. The molecule has 1 fully saturated rings. The lowest BCUT2D eigenvalue weighted by Crippen LogP contribution is -2.46. The van der Waals surface area contributed by atoms with Gasteiger partial charge in [0.2, 0.25) is 11.1 Å². The topological polar surface area (TPSA) is 72.6 Å². The van der Waals surface area contributed by atoms with Crippen LogP contribution in [0.1, 0.15) is 30.3 Å². The lowest BCUT2D eigenvalue weighted by molar-refractivity contribution is -0.138. The molecule has 0 aliphatic carbocycles. The summed E-state index contributed by atoms with van der Waals surface area (Å²) in [5.74, 6) is 0.706. The standard InChI is InChI=1S/C16H23N5O2S/c1-5-12-9-20(6-7-23-12)14(22)8-13-10(2)17-15-18-16(24-4)19-21(15)11(13)3/h12H,5-9H2,1-4H3. The van der Waals surface area contributed by atoms with E-state index >= 15 is 0 Å². The lowest BCUT2D eigenvalue weighted by Gasteiger charge is -2.32. The highest BCUT2D eigenvalue weighted by molar-refractivity contribution is 7.98. The van der Waals surface area contributed by atoms with Gasteiger partial charge in [-0.2, -0.15) is 4.98 Å². The molecular formula is C16H23N5O2S. The molecular weight excluding hydrogens is 326 g/mol. The van der Waals surface area contributed by atoms with Gasteiger partial charge in [-0.25, -0.2) is 9.50 Å². The van der Waals surface area contributed by atoms with Crippen molar-refractivity contribution in [1.82, 2.24) is 24.5 Å². The molecule has 1 unspecified atom stereocenters. The van der Waals surface area contributed by atoms with Crippen LogP contribution in [0, 0.1) is 13.8 Å². The van der Waals surface area contributed by atoms with Crippen molar-refractivity contribution in [3.8, 4) is 0 Å². The zero-order valence-corrected chi connectivity index (χ0v) is 15.4. The van der Waals surface area contributed by atoms with Crippen molar-refractivity contribution in [3.63, 3.8) is 0 Å². The molecule has 1 amide bonds. The molecule has 1 aliphatic heterocycles. The van der Waals surface area contributed by atoms with E-state index in [9.17, 15) is 4.79 Å². The van der Waals surface area contributed by atoms with Gasteiger partial charge in [-0.3, -0.25) is 4.79 Å². The normalized spacial score (nSPS) is 18.3. The van der Waals surface area contributed by atoms with Gasteiger partial charge < -0.3 is 9.64 Å². The molecule has 1 atom stereocenters. The summed E-state index contributed by atoms with van der Waals surface area (Å²) in [6.45, 7) is 7.92. The molecule has 0 saturated carbocycles. The fourth-order valence-electron chi connectivity index (χ4n) is 2.99. The number of fused-ring (bicyclic) bond motifs is 1. The number of aryl methyl sites for hydroxylation is 2. The summed E-state index contributed by atoms with van der Waals surface area (Å²) in [5, 5.41) is 5.13. The van der Waals surface area contributed by atoms with Crippen molar-refractivity contribution in [2.24, 2.45) is 0 Å². The second-order valence-electron chi connectivity index (χ2n) is 5.99. The second kappa shape index (κ2) is 7.06. The molecule has 0 N–H and O–H groups in total. The molecule has 24 heavy (non-hydrogen) atoms. The predicted molar refractivity (Wildman–Crippen MR) is 92.4 cm³/mol. The Kier molecular flexibility index (Phi) is 5.05. The molecule has 8 heteroatoms. The Balaban J connectivity index is 1.85. The van der Waals surface area contributed by atoms with Gasteiger partial charge in [0, 0.05) is 30.0 Å². The number of nitrogens with zero attached hydrogens (tertiary/aromatic N) is 5. The fourth-order valence-corrected chi connectivity index (χ4v) is 3.32. The summed E-state index contributed by atoms with van der Waals surface area (Å²) in [6.07, 6.45) is 3.34. The van der Waals surface area contributed by atoms with Gasteiger partial charge in [-0.1, -0.05) is 18.7 Å². The molecule has 2 aromatic rings. The Hall–Kier alpha value is -1.67. The van der Waals surface area contributed by atoms with Gasteiger partial charge in [0.25, 0.3) is 5.78 Å². The number of ether oxygens (including phenoxy) is 1. The molecule has 1 aliphatic rings. The van der Waals surface area contributed by atoms with Crippen LogP contribution in [-0.4, -0.2) is 62.4 Å². The summed E-state index contributed by atoms with van der Waals surface area (Å²) in [7, 11) is 0. The van der Waals surface area contributed by atoms with Gasteiger partial charge in [0.1, 0.15) is 0 Å². The van der Waals surface area contributed by atoms with Gasteiger partial charge in [0.15, 0.2) is 0 Å². The van der Waals surface area contributed by atoms with Crippen LogP contribution < -0.4 is 0 Å². The predicted octanol–water partition coefficient (Wildman–Crippen LogP) is 1.64. The average molecular weight is 349 g/mol. The van der Waals surface area contributed by atoms with E-state index in [0.29, 0.717) is 37.1 Å². The molecule has 0 bridgehead atoms. The van der Waals surface area contributed by atoms with Crippen molar-refractivity contribution in [2.45, 2.75) is 44.9 Å². The van der Waals surface area contributed by atoms with Crippen LogP contribution in [0.3, 0.4) is 0 Å². The van der Waals surface area contributed by atoms with E-state index in [-0.39, 0.29) is 12.0 Å². The van der Waals surface area contributed by atoms with E-state index in [1.807, 2.05) is 25.0 Å². The first kappa shape index (κ1) is 17.2. The van der Waals surface area contributed by atoms with Crippen molar-refractivity contribution >= 4 is 23.4 Å². The van der Waals surface area contributed by atoms with E-state index in [0.717, 1.165) is 23.4 Å². The number of thioether (sulfide) groups is 1. The van der Waals surface area contributed by atoms with Crippen LogP contribution in [0.4, 0.5) is 0 Å². The van der Waals surface area contributed by atoms with E-state index in [4.69, 9.17) is 4.74 Å². The molecule has 130 valence electrons. The number of amides is 1. The van der Waals surface area contributed by atoms with Gasteiger partial charge in [-0.15, -0.1) is 5.10 Å². The van der Waals surface area contributed by atoms with E-state index in [2.05, 4.69) is 22.0 Å². The first-order chi connectivity index (χ1) is 11.5. The van der Waals surface area contributed by atoms with E-state index in [1.165, 1.54) is 11.8 Å². The molecule has 0 radical (unpaired) electrons. The number of carbonyl (C=O) groups excluding carboxylic acids is 1. The minimum Gasteiger partial charge on any atom is -0.375 e. The molecule has 3 rings (SSSR count). The van der Waals surface area contributed by atoms with Crippen molar-refractivity contribution in [2.75, 3.05) is 26.0 Å². The zero-order valence-electron chi connectivity index (χ0n) is 14.6. The largest absolute Gasteiger partial charge is 0.375 e. The third-order valence-corrected chi connectivity index (χ3v) is 5.03. The Morgan fingerprint density at radius 1 is 1.38 bits per heavy atom. The fraction of sp³-hybridized carbons (Fsp3) is 0.625. The Morgan fingerprint density at radius 3 is 2.88 bits per heavy atom. The van der Waals surface area contributed by atoms with Crippen molar-refractivity contribution < 1.29 is 9.53 Å². The van der Waals surface area contributed by atoms with Crippen molar-refractivity contribution in [1.29, 1.82) is 0 Å². The number of aromatic nitrogens is 4. The SMILES string of the molecule is CCC1CN(C(=O)Cc2c(C)nc3nc(SC)nn3c2C)CCO1. The quantitative estimate of drug-likeness (QED) is 0.782. The van der Waals surface area contributed by atoms with Crippen LogP contribution >= 0.6 is 11.8 Å². The number of carbonyl (C=O) groups is 1. The Morgan fingerprint density at radius 2 is 2.17 bits per heavy atom.